The SMILES string of the molecule is CCCCNC(=O)[C@H](CC)N(Cc1ccc(Cl)cc1Cl)C(=O)CN(c1ccc(Cl)c(Cl)c1)S(=O)(=O)c1ccc(C)cc1. The van der Waals surface area contributed by atoms with Crippen LogP contribution in [0.3, 0.4) is 0 Å². The third-order valence-corrected chi connectivity index (χ3v) is 9.76. The van der Waals surface area contributed by atoms with Gasteiger partial charge in [-0.15, -0.1) is 0 Å². The molecule has 0 aliphatic rings. The molecule has 3 aromatic carbocycles. The summed E-state index contributed by atoms with van der Waals surface area (Å²) in [6.07, 6.45) is 1.95. The number of hydrogen-bond acceptors (Lipinski definition) is 4. The monoisotopic (exact) mass is 671 g/mol. The highest BCUT2D eigenvalue weighted by Gasteiger charge is 2.34. The van der Waals surface area contributed by atoms with Crippen molar-refractivity contribution >= 4 is 73.9 Å². The van der Waals surface area contributed by atoms with Crippen molar-refractivity contribution in [2.45, 2.75) is 57.5 Å². The van der Waals surface area contributed by atoms with E-state index in [-0.39, 0.29) is 39.5 Å². The minimum atomic E-state index is -4.25. The molecular formula is C30H33Cl4N3O4S. The van der Waals surface area contributed by atoms with Gasteiger partial charge in [0, 0.05) is 23.1 Å². The third-order valence-electron chi connectivity index (χ3n) is 6.65. The first-order valence-corrected chi connectivity index (χ1v) is 16.4. The number of carbonyl (C=O) groups excluding carboxylic acids is 2. The van der Waals surface area contributed by atoms with Crippen LogP contribution in [-0.4, -0.2) is 44.3 Å². The normalized spacial score (nSPS) is 12.1. The lowest BCUT2D eigenvalue weighted by atomic mass is 10.1. The molecule has 12 heteroatoms. The fourth-order valence-electron chi connectivity index (χ4n) is 4.27. The van der Waals surface area contributed by atoms with Crippen molar-refractivity contribution < 1.29 is 18.0 Å². The fourth-order valence-corrected chi connectivity index (χ4v) is 6.43. The maximum atomic E-state index is 14.1. The van der Waals surface area contributed by atoms with E-state index in [1.54, 1.807) is 37.3 Å². The Balaban J connectivity index is 2.08. The van der Waals surface area contributed by atoms with Crippen molar-refractivity contribution in [3.63, 3.8) is 0 Å². The lowest BCUT2D eigenvalue weighted by molar-refractivity contribution is -0.140. The summed E-state index contributed by atoms with van der Waals surface area (Å²) in [5.74, 6) is -0.952. The van der Waals surface area contributed by atoms with Gasteiger partial charge in [0.1, 0.15) is 12.6 Å². The Labute approximate surface area is 267 Å². The van der Waals surface area contributed by atoms with Crippen LogP contribution in [0.4, 0.5) is 5.69 Å². The minimum absolute atomic E-state index is 0.0105. The molecule has 0 heterocycles. The number of aryl methyl sites for hydroxylation is 1. The number of nitrogens with zero attached hydrogens (tertiary/aromatic N) is 2. The maximum absolute atomic E-state index is 14.1. The van der Waals surface area contributed by atoms with Gasteiger partial charge in [-0.3, -0.25) is 13.9 Å². The van der Waals surface area contributed by atoms with Crippen LogP contribution in [0, 0.1) is 6.92 Å². The summed E-state index contributed by atoms with van der Waals surface area (Å²) in [6.45, 7) is 5.42. The Morgan fingerprint density at radius 3 is 2.17 bits per heavy atom. The zero-order chi connectivity index (χ0) is 31.0. The Kier molecular flexibility index (Phi) is 12.4. The van der Waals surface area contributed by atoms with Crippen LogP contribution in [0.25, 0.3) is 0 Å². The van der Waals surface area contributed by atoms with E-state index in [0.717, 1.165) is 22.7 Å². The molecule has 0 saturated carbocycles. The average Bonchev–Trinajstić information content (AvgIpc) is 2.94. The van der Waals surface area contributed by atoms with Gasteiger partial charge in [-0.2, -0.15) is 0 Å². The number of anilines is 1. The molecule has 0 fully saturated rings. The lowest BCUT2D eigenvalue weighted by Gasteiger charge is -2.33. The van der Waals surface area contributed by atoms with Gasteiger partial charge in [0.05, 0.1) is 20.6 Å². The van der Waals surface area contributed by atoms with Crippen molar-refractivity contribution in [1.82, 2.24) is 10.2 Å². The molecule has 1 N–H and O–H groups in total. The number of halogens is 4. The van der Waals surface area contributed by atoms with Gasteiger partial charge in [0.25, 0.3) is 10.0 Å². The number of carbonyl (C=O) groups is 2. The fraction of sp³-hybridized carbons (Fsp3) is 0.333. The highest BCUT2D eigenvalue weighted by molar-refractivity contribution is 7.92. The molecule has 1 atom stereocenters. The van der Waals surface area contributed by atoms with Crippen LogP contribution in [0.15, 0.2) is 65.6 Å². The first kappa shape index (κ1) is 34.0. The molecular weight excluding hydrogens is 640 g/mol. The Hall–Kier alpha value is -2.49. The summed E-state index contributed by atoms with van der Waals surface area (Å²) < 4.78 is 28.9. The molecule has 3 aromatic rings. The van der Waals surface area contributed by atoms with E-state index in [1.807, 2.05) is 13.8 Å². The van der Waals surface area contributed by atoms with E-state index in [2.05, 4.69) is 5.32 Å². The lowest BCUT2D eigenvalue weighted by Crippen LogP contribution is -2.52. The molecule has 2 amide bonds. The topological polar surface area (TPSA) is 86.8 Å². The van der Waals surface area contributed by atoms with Crippen molar-refractivity contribution in [2.24, 2.45) is 0 Å². The summed E-state index contributed by atoms with van der Waals surface area (Å²) in [5, 5.41) is 3.97. The van der Waals surface area contributed by atoms with Crippen molar-refractivity contribution in [3.8, 4) is 0 Å². The maximum Gasteiger partial charge on any atom is 0.264 e. The number of benzene rings is 3. The van der Waals surface area contributed by atoms with E-state index >= 15 is 0 Å². The number of amides is 2. The highest BCUT2D eigenvalue weighted by Crippen LogP contribution is 2.31. The number of rotatable bonds is 13. The zero-order valence-electron chi connectivity index (χ0n) is 23.5. The molecule has 0 bridgehead atoms. The predicted molar refractivity (Wildman–Crippen MR) is 171 cm³/mol. The van der Waals surface area contributed by atoms with Gasteiger partial charge in [-0.1, -0.05) is 90.4 Å². The largest absolute Gasteiger partial charge is 0.354 e. The quantitative estimate of drug-likeness (QED) is 0.190. The number of hydrogen-bond donors (Lipinski definition) is 1. The predicted octanol–water partition coefficient (Wildman–Crippen LogP) is 7.53. The molecule has 0 aliphatic carbocycles. The molecule has 0 spiro atoms. The third kappa shape index (κ3) is 8.54. The van der Waals surface area contributed by atoms with Crippen molar-refractivity contribution in [1.29, 1.82) is 0 Å². The van der Waals surface area contributed by atoms with Crippen LogP contribution in [0.2, 0.25) is 20.1 Å². The van der Waals surface area contributed by atoms with Crippen LogP contribution >= 0.6 is 46.4 Å². The highest BCUT2D eigenvalue weighted by atomic mass is 35.5. The first-order valence-electron chi connectivity index (χ1n) is 13.4. The summed E-state index contributed by atoms with van der Waals surface area (Å²) in [7, 11) is -4.25. The number of sulfonamides is 1. The molecule has 0 aromatic heterocycles. The Morgan fingerprint density at radius 2 is 1.57 bits per heavy atom. The van der Waals surface area contributed by atoms with Gasteiger partial charge in [0.2, 0.25) is 11.8 Å². The molecule has 42 heavy (non-hydrogen) atoms. The Morgan fingerprint density at radius 1 is 0.881 bits per heavy atom. The summed E-state index contributed by atoms with van der Waals surface area (Å²) in [6, 6.07) is 14.6. The second kappa shape index (κ2) is 15.3. The first-order chi connectivity index (χ1) is 19.9. The average molecular weight is 673 g/mol. The van der Waals surface area contributed by atoms with E-state index < -0.39 is 28.5 Å². The van der Waals surface area contributed by atoms with Crippen molar-refractivity contribution in [3.05, 3.63) is 91.9 Å². The summed E-state index contributed by atoms with van der Waals surface area (Å²) >= 11 is 24.9. The van der Waals surface area contributed by atoms with Crippen LogP contribution < -0.4 is 9.62 Å². The van der Waals surface area contributed by atoms with Gasteiger partial charge in [0.15, 0.2) is 0 Å². The number of unbranched alkanes of at least 4 members (excludes halogenated alkanes) is 1. The summed E-state index contributed by atoms with van der Waals surface area (Å²) in [4.78, 5) is 28.8. The van der Waals surface area contributed by atoms with E-state index in [0.29, 0.717) is 22.2 Å². The molecule has 3 rings (SSSR count). The minimum Gasteiger partial charge on any atom is -0.354 e. The van der Waals surface area contributed by atoms with Gasteiger partial charge < -0.3 is 10.2 Å². The van der Waals surface area contributed by atoms with Gasteiger partial charge in [-0.25, -0.2) is 8.42 Å². The Bertz CT molecular complexity index is 1520. The van der Waals surface area contributed by atoms with Crippen LogP contribution in [-0.2, 0) is 26.2 Å². The van der Waals surface area contributed by atoms with Crippen LogP contribution in [0.1, 0.15) is 44.2 Å². The molecule has 7 nitrogen and oxygen atoms in total. The van der Waals surface area contributed by atoms with Gasteiger partial charge >= 0.3 is 0 Å². The zero-order valence-corrected chi connectivity index (χ0v) is 27.4. The molecule has 0 aliphatic heterocycles. The molecule has 0 saturated heterocycles. The second-order valence-corrected chi connectivity index (χ2v) is 13.3. The van der Waals surface area contributed by atoms with E-state index in [4.69, 9.17) is 46.4 Å². The smallest absolute Gasteiger partial charge is 0.264 e. The van der Waals surface area contributed by atoms with Crippen molar-refractivity contribution in [2.75, 3.05) is 17.4 Å². The molecule has 0 radical (unpaired) electrons. The molecule has 0 unspecified atom stereocenters. The van der Waals surface area contributed by atoms with Gasteiger partial charge in [-0.05, 0) is 67.8 Å². The summed E-state index contributed by atoms with van der Waals surface area (Å²) in [5.41, 5.74) is 1.57. The standard InChI is InChI=1S/C30H33Cl4N3O4S/c1-4-6-15-35-30(39)28(5-2)36(18-21-9-10-22(31)16-26(21)33)29(38)19-37(23-11-14-25(32)27(34)17-23)42(40,41)24-12-7-20(3)8-13-24/h7-14,16-17,28H,4-6,15,18-19H2,1-3H3,(H,35,39)/t28-/m0/s1. The van der Waals surface area contributed by atoms with E-state index in [1.165, 1.54) is 35.2 Å². The number of nitrogens with one attached hydrogen (secondary N) is 1. The molecule has 226 valence electrons. The van der Waals surface area contributed by atoms with E-state index in [9.17, 15) is 18.0 Å². The second-order valence-electron chi connectivity index (χ2n) is 9.75. The van der Waals surface area contributed by atoms with Crippen LogP contribution in [0.5, 0.6) is 0 Å².